The largest absolute Gasteiger partial charge is 0.496 e. The highest BCUT2D eigenvalue weighted by Gasteiger charge is 2.18. The Morgan fingerprint density at radius 3 is 2.57 bits per heavy atom. The molecule has 6 heteroatoms. The first-order chi connectivity index (χ1) is 11.1. The van der Waals surface area contributed by atoms with Crippen LogP contribution in [0.1, 0.15) is 17.2 Å². The van der Waals surface area contributed by atoms with Crippen molar-refractivity contribution in [3.63, 3.8) is 0 Å². The monoisotopic (exact) mass is 350 g/mol. The number of nitrogens with zero attached hydrogens (tertiary/aromatic N) is 1. The van der Waals surface area contributed by atoms with Crippen LogP contribution in [-0.2, 0) is 4.74 Å². The van der Waals surface area contributed by atoms with Crippen molar-refractivity contribution in [3.05, 3.63) is 57.6 Å². The highest BCUT2D eigenvalue weighted by Crippen LogP contribution is 2.33. The normalized spacial score (nSPS) is 11.6. The van der Waals surface area contributed by atoms with Crippen LogP contribution in [0.4, 0.5) is 5.69 Å². The number of hydrogen-bond acceptors (Lipinski definition) is 4. The lowest BCUT2D eigenvalue weighted by molar-refractivity contribution is 0.185. The summed E-state index contributed by atoms with van der Waals surface area (Å²) in [6, 6.07) is 12.3. The summed E-state index contributed by atoms with van der Waals surface area (Å²) in [4.78, 5) is 0. The summed E-state index contributed by atoms with van der Waals surface area (Å²) >= 11 is 12.3. The average molecular weight is 351 g/mol. The smallest absolute Gasteiger partial charge is 0.124 e. The van der Waals surface area contributed by atoms with Gasteiger partial charge in [-0.2, -0.15) is 5.26 Å². The van der Waals surface area contributed by atoms with Gasteiger partial charge in [0.15, 0.2) is 0 Å². The molecule has 2 aromatic rings. The molecule has 4 nitrogen and oxygen atoms in total. The van der Waals surface area contributed by atoms with Crippen LogP contribution in [0.25, 0.3) is 0 Å². The molecule has 2 rings (SSSR count). The highest BCUT2D eigenvalue weighted by molar-refractivity contribution is 6.33. The number of halogens is 2. The zero-order chi connectivity index (χ0) is 16.8. The molecule has 0 saturated heterocycles. The standard InChI is InChI=1S/C17H16Cl2N2O2/c1-22-10-16(13-8-12(18)4-6-17(13)23-2)21-15-5-3-11(9-20)7-14(15)19/h3-8,16,21H,10H2,1-2H3. The minimum atomic E-state index is -0.209. The molecule has 0 aliphatic rings. The molecule has 120 valence electrons. The fourth-order valence-electron chi connectivity index (χ4n) is 2.24. The molecule has 0 aliphatic heterocycles. The Morgan fingerprint density at radius 1 is 1.17 bits per heavy atom. The highest BCUT2D eigenvalue weighted by atomic mass is 35.5. The Hall–Kier alpha value is -1.93. The van der Waals surface area contributed by atoms with Crippen LogP contribution in [0.15, 0.2) is 36.4 Å². The number of rotatable bonds is 6. The second kappa shape index (κ2) is 8.07. The van der Waals surface area contributed by atoms with Crippen LogP contribution in [0.2, 0.25) is 10.0 Å². The van der Waals surface area contributed by atoms with E-state index < -0.39 is 0 Å². The zero-order valence-electron chi connectivity index (χ0n) is 12.8. The molecule has 0 bridgehead atoms. The number of nitriles is 1. The van der Waals surface area contributed by atoms with E-state index in [1.165, 1.54) is 0 Å². The molecule has 0 aliphatic carbocycles. The molecular weight excluding hydrogens is 335 g/mol. The Labute approximate surface area is 145 Å². The van der Waals surface area contributed by atoms with Crippen molar-refractivity contribution in [3.8, 4) is 11.8 Å². The molecule has 0 heterocycles. The molecule has 1 unspecified atom stereocenters. The van der Waals surface area contributed by atoms with Crippen molar-refractivity contribution in [2.75, 3.05) is 26.1 Å². The minimum absolute atomic E-state index is 0.209. The SMILES string of the molecule is COCC(Nc1ccc(C#N)cc1Cl)c1cc(Cl)ccc1OC. The summed E-state index contributed by atoms with van der Waals surface area (Å²) < 4.78 is 10.7. The first kappa shape index (κ1) is 17.4. The molecule has 0 amide bonds. The van der Waals surface area contributed by atoms with Crippen LogP contribution in [0.3, 0.4) is 0 Å². The molecule has 1 N–H and O–H groups in total. The van der Waals surface area contributed by atoms with E-state index in [2.05, 4.69) is 11.4 Å². The van der Waals surface area contributed by atoms with E-state index in [0.29, 0.717) is 33.7 Å². The summed E-state index contributed by atoms with van der Waals surface area (Å²) in [6.45, 7) is 0.396. The molecule has 2 aromatic carbocycles. The van der Waals surface area contributed by atoms with Gasteiger partial charge in [-0.05, 0) is 36.4 Å². The molecule has 0 radical (unpaired) electrons. The summed E-state index contributed by atoms with van der Waals surface area (Å²) in [5.74, 6) is 0.703. The van der Waals surface area contributed by atoms with E-state index in [0.717, 1.165) is 5.56 Å². The molecule has 0 fully saturated rings. The second-order valence-corrected chi connectivity index (χ2v) is 5.69. The fraction of sp³-hybridized carbons (Fsp3) is 0.235. The molecule has 1 atom stereocenters. The van der Waals surface area contributed by atoms with Gasteiger partial charge in [-0.1, -0.05) is 23.2 Å². The third-order valence-electron chi connectivity index (χ3n) is 3.33. The van der Waals surface area contributed by atoms with Crippen molar-refractivity contribution >= 4 is 28.9 Å². The third-order valence-corrected chi connectivity index (χ3v) is 3.88. The van der Waals surface area contributed by atoms with Gasteiger partial charge in [-0.25, -0.2) is 0 Å². The van der Waals surface area contributed by atoms with Crippen molar-refractivity contribution in [1.29, 1.82) is 5.26 Å². The second-order valence-electron chi connectivity index (χ2n) is 4.84. The average Bonchev–Trinajstić information content (AvgIpc) is 2.56. The van der Waals surface area contributed by atoms with Gasteiger partial charge in [-0.15, -0.1) is 0 Å². The topological polar surface area (TPSA) is 54.3 Å². The van der Waals surface area contributed by atoms with E-state index >= 15 is 0 Å². The Kier molecular flexibility index (Phi) is 6.12. The first-order valence-electron chi connectivity index (χ1n) is 6.87. The van der Waals surface area contributed by atoms with Gasteiger partial charge < -0.3 is 14.8 Å². The number of hydrogen-bond donors (Lipinski definition) is 1. The zero-order valence-corrected chi connectivity index (χ0v) is 14.3. The summed E-state index contributed by atoms with van der Waals surface area (Å²) in [6.07, 6.45) is 0. The molecule has 0 spiro atoms. The number of benzene rings is 2. The lowest BCUT2D eigenvalue weighted by atomic mass is 10.1. The van der Waals surface area contributed by atoms with E-state index in [4.69, 9.17) is 37.9 Å². The number of ether oxygens (including phenoxy) is 2. The summed E-state index contributed by atoms with van der Waals surface area (Å²) in [5, 5.41) is 13.3. The molecule has 0 saturated carbocycles. The van der Waals surface area contributed by atoms with Gasteiger partial charge in [0, 0.05) is 17.7 Å². The summed E-state index contributed by atoms with van der Waals surface area (Å²) in [5.41, 5.74) is 2.07. The lowest BCUT2D eigenvalue weighted by Crippen LogP contribution is -2.17. The number of methoxy groups -OCH3 is 2. The summed E-state index contributed by atoms with van der Waals surface area (Å²) in [7, 11) is 3.22. The van der Waals surface area contributed by atoms with E-state index in [1.807, 2.05) is 12.1 Å². The maximum absolute atomic E-state index is 8.92. The van der Waals surface area contributed by atoms with E-state index in [-0.39, 0.29) is 6.04 Å². The number of anilines is 1. The number of nitrogens with one attached hydrogen (secondary N) is 1. The maximum Gasteiger partial charge on any atom is 0.124 e. The van der Waals surface area contributed by atoms with Crippen molar-refractivity contribution in [1.82, 2.24) is 0 Å². The van der Waals surface area contributed by atoms with Gasteiger partial charge in [0.25, 0.3) is 0 Å². The Bertz CT molecular complexity index is 729. The van der Waals surface area contributed by atoms with Gasteiger partial charge >= 0.3 is 0 Å². The van der Waals surface area contributed by atoms with Crippen LogP contribution in [0, 0.1) is 11.3 Å². The predicted octanol–water partition coefficient (Wildman–Crippen LogP) is 4.67. The van der Waals surface area contributed by atoms with Crippen molar-refractivity contribution in [2.45, 2.75) is 6.04 Å². The van der Waals surface area contributed by atoms with E-state index in [1.54, 1.807) is 38.5 Å². The Balaban J connectivity index is 2.36. The van der Waals surface area contributed by atoms with Crippen LogP contribution < -0.4 is 10.1 Å². The van der Waals surface area contributed by atoms with Crippen LogP contribution in [0.5, 0.6) is 5.75 Å². The first-order valence-corrected chi connectivity index (χ1v) is 7.63. The Morgan fingerprint density at radius 2 is 1.96 bits per heavy atom. The molecular formula is C17H16Cl2N2O2. The van der Waals surface area contributed by atoms with Crippen molar-refractivity contribution in [2.24, 2.45) is 0 Å². The predicted molar refractivity (Wildman–Crippen MR) is 92.4 cm³/mol. The quantitative estimate of drug-likeness (QED) is 0.822. The fourth-order valence-corrected chi connectivity index (χ4v) is 2.66. The van der Waals surface area contributed by atoms with Crippen LogP contribution in [-0.4, -0.2) is 20.8 Å². The molecule has 0 aromatic heterocycles. The van der Waals surface area contributed by atoms with Gasteiger partial charge in [0.1, 0.15) is 5.75 Å². The van der Waals surface area contributed by atoms with Gasteiger partial charge in [0.05, 0.1) is 42.1 Å². The minimum Gasteiger partial charge on any atom is -0.496 e. The lowest BCUT2D eigenvalue weighted by Gasteiger charge is -2.22. The molecule has 23 heavy (non-hydrogen) atoms. The van der Waals surface area contributed by atoms with Gasteiger partial charge in [-0.3, -0.25) is 0 Å². The van der Waals surface area contributed by atoms with E-state index in [9.17, 15) is 0 Å². The van der Waals surface area contributed by atoms with Crippen LogP contribution >= 0.6 is 23.2 Å². The third kappa shape index (κ3) is 4.29. The van der Waals surface area contributed by atoms with Gasteiger partial charge in [0.2, 0.25) is 0 Å². The maximum atomic E-state index is 8.92. The van der Waals surface area contributed by atoms with Crippen molar-refractivity contribution < 1.29 is 9.47 Å².